The third-order valence-corrected chi connectivity index (χ3v) is 2.82. The van der Waals surface area contributed by atoms with Crippen molar-refractivity contribution in [2.75, 3.05) is 17.2 Å². The molecule has 1 aromatic carbocycles. The van der Waals surface area contributed by atoms with Gasteiger partial charge in [-0.2, -0.15) is 0 Å². The van der Waals surface area contributed by atoms with Gasteiger partial charge in [-0.05, 0) is 24.6 Å². The summed E-state index contributed by atoms with van der Waals surface area (Å²) in [5.41, 5.74) is 0.618. The number of aromatic nitrogens is 2. The zero-order chi connectivity index (χ0) is 15.1. The number of nitrogens with zero attached hydrogens (tertiary/aromatic N) is 2. The summed E-state index contributed by atoms with van der Waals surface area (Å²) in [5.74, 6) is -0.207. The van der Waals surface area contributed by atoms with Gasteiger partial charge in [-0.25, -0.2) is 14.4 Å². The van der Waals surface area contributed by atoms with Crippen molar-refractivity contribution in [2.45, 2.75) is 19.8 Å². The molecule has 0 aliphatic carbocycles. The molecule has 0 aliphatic rings. The fraction of sp³-hybridized carbons (Fsp3) is 0.267. The number of hydrogen-bond acceptors (Lipinski definition) is 4. The summed E-state index contributed by atoms with van der Waals surface area (Å²) in [7, 11) is 0. The third kappa shape index (κ3) is 4.52. The Kier molecular flexibility index (Phi) is 5.20. The molecular formula is C15H17FN4O. The molecule has 0 bridgehead atoms. The van der Waals surface area contributed by atoms with E-state index in [2.05, 4.69) is 27.5 Å². The van der Waals surface area contributed by atoms with Crippen molar-refractivity contribution >= 4 is 17.4 Å². The first kappa shape index (κ1) is 14.9. The van der Waals surface area contributed by atoms with Crippen LogP contribution in [0.1, 0.15) is 30.3 Å². The van der Waals surface area contributed by atoms with Gasteiger partial charge in [-0.15, -0.1) is 0 Å². The zero-order valence-electron chi connectivity index (χ0n) is 11.8. The van der Waals surface area contributed by atoms with Crippen LogP contribution in [-0.4, -0.2) is 22.4 Å². The van der Waals surface area contributed by atoms with Gasteiger partial charge in [-0.3, -0.25) is 4.79 Å². The fourth-order valence-electron chi connectivity index (χ4n) is 1.73. The van der Waals surface area contributed by atoms with Crippen LogP contribution in [0, 0.1) is 5.82 Å². The number of rotatable bonds is 6. The summed E-state index contributed by atoms with van der Waals surface area (Å²) >= 11 is 0. The van der Waals surface area contributed by atoms with Crippen molar-refractivity contribution < 1.29 is 9.18 Å². The highest BCUT2D eigenvalue weighted by Gasteiger charge is 2.09. The number of amides is 1. The molecule has 0 saturated carbocycles. The molecule has 0 fully saturated rings. The quantitative estimate of drug-likeness (QED) is 0.802. The van der Waals surface area contributed by atoms with E-state index in [9.17, 15) is 9.18 Å². The summed E-state index contributed by atoms with van der Waals surface area (Å²) in [6, 6.07) is 7.28. The predicted molar refractivity (Wildman–Crippen MR) is 79.8 cm³/mol. The van der Waals surface area contributed by atoms with Crippen molar-refractivity contribution in [2.24, 2.45) is 0 Å². The minimum absolute atomic E-state index is 0.230. The Hall–Kier alpha value is -2.50. The van der Waals surface area contributed by atoms with Crippen molar-refractivity contribution in [1.82, 2.24) is 9.97 Å². The highest BCUT2D eigenvalue weighted by molar-refractivity contribution is 6.03. The number of nitrogens with one attached hydrogen (secondary N) is 2. The maximum Gasteiger partial charge on any atom is 0.274 e. The first-order valence-corrected chi connectivity index (χ1v) is 6.82. The standard InChI is InChI=1S/C15H17FN4O/c1-2-3-7-17-14-9-13(18-10-19-14)15(21)20-12-6-4-5-11(16)8-12/h4-6,8-10H,2-3,7H2,1H3,(H,20,21)(H,17,18,19). The number of hydrogen-bond donors (Lipinski definition) is 2. The highest BCUT2D eigenvalue weighted by atomic mass is 19.1. The van der Waals surface area contributed by atoms with E-state index < -0.39 is 11.7 Å². The van der Waals surface area contributed by atoms with E-state index in [-0.39, 0.29) is 5.69 Å². The van der Waals surface area contributed by atoms with E-state index in [1.54, 1.807) is 12.1 Å². The van der Waals surface area contributed by atoms with Crippen LogP contribution in [0.15, 0.2) is 36.7 Å². The van der Waals surface area contributed by atoms with Crippen LogP contribution in [0.2, 0.25) is 0 Å². The van der Waals surface area contributed by atoms with Gasteiger partial charge in [0, 0.05) is 18.3 Å². The SMILES string of the molecule is CCCCNc1cc(C(=O)Nc2cccc(F)c2)ncn1. The van der Waals surface area contributed by atoms with E-state index >= 15 is 0 Å². The molecule has 0 atom stereocenters. The summed E-state index contributed by atoms with van der Waals surface area (Å²) < 4.78 is 13.1. The smallest absolute Gasteiger partial charge is 0.274 e. The molecule has 0 saturated heterocycles. The van der Waals surface area contributed by atoms with Gasteiger partial charge in [0.25, 0.3) is 5.91 Å². The minimum atomic E-state index is -0.405. The molecule has 0 aliphatic heterocycles. The van der Waals surface area contributed by atoms with E-state index in [1.807, 2.05) is 0 Å². The second-order valence-electron chi connectivity index (χ2n) is 4.53. The van der Waals surface area contributed by atoms with E-state index in [0.29, 0.717) is 11.5 Å². The molecular weight excluding hydrogens is 271 g/mol. The zero-order valence-corrected chi connectivity index (χ0v) is 11.8. The number of benzene rings is 1. The summed E-state index contributed by atoms with van der Waals surface area (Å²) in [5, 5.41) is 5.72. The van der Waals surface area contributed by atoms with Crippen LogP contribution in [0.5, 0.6) is 0 Å². The van der Waals surface area contributed by atoms with E-state index in [1.165, 1.54) is 24.5 Å². The van der Waals surface area contributed by atoms with Gasteiger partial charge >= 0.3 is 0 Å². The second-order valence-corrected chi connectivity index (χ2v) is 4.53. The lowest BCUT2D eigenvalue weighted by molar-refractivity contribution is 0.102. The van der Waals surface area contributed by atoms with Gasteiger partial charge in [0.2, 0.25) is 0 Å². The first-order valence-electron chi connectivity index (χ1n) is 6.82. The Balaban J connectivity index is 2.03. The Morgan fingerprint density at radius 1 is 1.29 bits per heavy atom. The molecule has 6 heteroatoms. The monoisotopic (exact) mass is 288 g/mol. The number of halogens is 1. The molecule has 1 heterocycles. The molecule has 21 heavy (non-hydrogen) atoms. The van der Waals surface area contributed by atoms with Gasteiger partial charge < -0.3 is 10.6 Å². The average Bonchev–Trinajstić information content (AvgIpc) is 2.48. The van der Waals surface area contributed by atoms with Gasteiger partial charge in [0.05, 0.1) is 0 Å². The van der Waals surface area contributed by atoms with Crippen LogP contribution < -0.4 is 10.6 Å². The molecule has 0 unspecified atom stereocenters. The molecule has 5 nitrogen and oxygen atoms in total. The van der Waals surface area contributed by atoms with Crippen molar-refractivity contribution in [1.29, 1.82) is 0 Å². The van der Waals surface area contributed by atoms with Crippen molar-refractivity contribution in [3.63, 3.8) is 0 Å². The minimum Gasteiger partial charge on any atom is -0.370 e. The van der Waals surface area contributed by atoms with Crippen LogP contribution in [-0.2, 0) is 0 Å². The van der Waals surface area contributed by atoms with Crippen LogP contribution in [0.3, 0.4) is 0 Å². The second kappa shape index (κ2) is 7.33. The summed E-state index contributed by atoms with van der Waals surface area (Å²) in [6.07, 6.45) is 3.43. The molecule has 0 radical (unpaired) electrons. The molecule has 0 spiro atoms. The molecule has 2 aromatic rings. The molecule has 110 valence electrons. The summed E-state index contributed by atoms with van der Waals surface area (Å²) in [6.45, 7) is 2.89. The highest BCUT2D eigenvalue weighted by Crippen LogP contribution is 2.11. The van der Waals surface area contributed by atoms with Crippen molar-refractivity contribution in [3.8, 4) is 0 Å². The van der Waals surface area contributed by atoms with Gasteiger partial charge in [0.1, 0.15) is 23.7 Å². The lowest BCUT2D eigenvalue weighted by Crippen LogP contribution is -2.15. The van der Waals surface area contributed by atoms with E-state index in [0.717, 1.165) is 19.4 Å². The maximum absolute atomic E-state index is 13.1. The fourth-order valence-corrected chi connectivity index (χ4v) is 1.73. The average molecular weight is 288 g/mol. The first-order chi connectivity index (χ1) is 10.2. The summed E-state index contributed by atoms with van der Waals surface area (Å²) in [4.78, 5) is 20.0. The normalized spacial score (nSPS) is 10.2. The number of unbranched alkanes of at least 4 members (excludes halogenated alkanes) is 1. The predicted octanol–water partition coefficient (Wildman–Crippen LogP) is 3.08. The molecule has 2 rings (SSSR count). The van der Waals surface area contributed by atoms with E-state index in [4.69, 9.17) is 0 Å². The van der Waals surface area contributed by atoms with Crippen molar-refractivity contribution in [3.05, 3.63) is 48.2 Å². The topological polar surface area (TPSA) is 66.9 Å². The molecule has 2 N–H and O–H groups in total. The van der Waals surface area contributed by atoms with Crippen LogP contribution in [0.4, 0.5) is 15.9 Å². The Labute approximate surface area is 122 Å². The maximum atomic E-state index is 13.1. The molecule has 1 amide bonds. The number of anilines is 2. The lowest BCUT2D eigenvalue weighted by atomic mass is 10.3. The lowest BCUT2D eigenvalue weighted by Gasteiger charge is -2.07. The van der Waals surface area contributed by atoms with Gasteiger partial charge in [0.15, 0.2) is 0 Å². The number of carbonyl (C=O) groups excluding carboxylic acids is 1. The van der Waals surface area contributed by atoms with Crippen LogP contribution >= 0.6 is 0 Å². The Bertz CT molecular complexity index is 618. The molecule has 1 aromatic heterocycles. The third-order valence-electron chi connectivity index (χ3n) is 2.82. The largest absolute Gasteiger partial charge is 0.370 e. The van der Waals surface area contributed by atoms with Crippen LogP contribution in [0.25, 0.3) is 0 Å². The Morgan fingerprint density at radius 2 is 2.14 bits per heavy atom. The Morgan fingerprint density at radius 3 is 2.90 bits per heavy atom. The van der Waals surface area contributed by atoms with Gasteiger partial charge in [-0.1, -0.05) is 19.4 Å². The number of carbonyl (C=O) groups is 1.